The molecule has 0 aromatic heterocycles. The summed E-state index contributed by atoms with van der Waals surface area (Å²) < 4.78 is 5.30. The summed E-state index contributed by atoms with van der Waals surface area (Å²) in [5.41, 5.74) is 0.854. The van der Waals surface area contributed by atoms with Crippen molar-refractivity contribution in [2.24, 2.45) is 0 Å². The van der Waals surface area contributed by atoms with Gasteiger partial charge in [-0.05, 0) is 24.6 Å². The Bertz CT molecular complexity index is 411. The molecule has 4 heteroatoms. The largest absolute Gasteiger partial charge is 0.494 e. The van der Waals surface area contributed by atoms with Crippen LogP contribution in [-0.4, -0.2) is 18.4 Å². The Balaban J connectivity index is 2.15. The third-order valence-electron chi connectivity index (χ3n) is 2.56. The molecule has 1 atom stereocenters. The van der Waals surface area contributed by atoms with E-state index in [1.54, 1.807) is 0 Å². The first-order valence-corrected chi connectivity index (χ1v) is 5.27. The first kappa shape index (κ1) is 10.7. The van der Waals surface area contributed by atoms with Crippen LogP contribution in [0.25, 0.3) is 0 Å². The van der Waals surface area contributed by atoms with Crippen LogP contribution in [0.3, 0.4) is 0 Å². The lowest BCUT2D eigenvalue weighted by Crippen LogP contribution is -2.21. The van der Waals surface area contributed by atoms with Crippen LogP contribution in [0.4, 0.5) is 0 Å². The number of benzene rings is 1. The fourth-order valence-corrected chi connectivity index (χ4v) is 1.79. The van der Waals surface area contributed by atoms with Gasteiger partial charge in [-0.25, -0.2) is 0 Å². The lowest BCUT2D eigenvalue weighted by atomic mass is 9.98. The van der Waals surface area contributed by atoms with Crippen molar-refractivity contribution in [2.75, 3.05) is 6.61 Å². The smallest absolute Gasteiger partial charge is 0.234 e. The maximum absolute atomic E-state index is 11.4. The summed E-state index contributed by atoms with van der Waals surface area (Å²) in [6, 6.07) is 7.28. The summed E-state index contributed by atoms with van der Waals surface area (Å²) in [6.07, 6.45) is 0.243. The fraction of sp³-hybridized carbons (Fsp3) is 0.333. The standard InChI is InChI=1S/C12H13NO3/c1-2-16-9-5-3-8(4-6-9)10-7-11(14)13-12(10)15/h3-6,10H,2,7H2,1H3,(H,13,14,15)/t10-/m0/s1. The van der Waals surface area contributed by atoms with Crippen molar-refractivity contribution in [3.05, 3.63) is 29.8 Å². The average Bonchev–Trinajstić information content (AvgIpc) is 2.59. The van der Waals surface area contributed by atoms with Crippen LogP contribution in [0.2, 0.25) is 0 Å². The molecule has 1 aromatic rings. The molecule has 0 saturated carbocycles. The lowest BCUT2D eigenvalue weighted by molar-refractivity contribution is -0.125. The average molecular weight is 219 g/mol. The molecule has 2 amide bonds. The minimum Gasteiger partial charge on any atom is -0.494 e. The van der Waals surface area contributed by atoms with E-state index in [9.17, 15) is 9.59 Å². The maximum Gasteiger partial charge on any atom is 0.234 e. The molecule has 0 bridgehead atoms. The summed E-state index contributed by atoms with van der Waals surface area (Å²) in [5.74, 6) is 0.0113. The van der Waals surface area contributed by atoms with Gasteiger partial charge in [0.15, 0.2) is 0 Å². The molecule has 0 unspecified atom stereocenters. The Morgan fingerprint density at radius 3 is 2.50 bits per heavy atom. The Morgan fingerprint density at radius 1 is 1.31 bits per heavy atom. The SMILES string of the molecule is CCOc1ccc([C@@H]2CC(=O)NC2=O)cc1. The van der Waals surface area contributed by atoms with Crippen molar-refractivity contribution >= 4 is 11.8 Å². The number of imide groups is 1. The normalized spacial score (nSPS) is 19.7. The van der Waals surface area contributed by atoms with Crippen LogP contribution in [0.15, 0.2) is 24.3 Å². The number of nitrogens with one attached hydrogen (secondary N) is 1. The van der Waals surface area contributed by atoms with Crippen LogP contribution in [0.5, 0.6) is 5.75 Å². The highest BCUT2D eigenvalue weighted by molar-refractivity contribution is 6.06. The quantitative estimate of drug-likeness (QED) is 0.777. The van der Waals surface area contributed by atoms with E-state index in [0.717, 1.165) is 11.3 Å². The van der Waals surface area contributed by atoms with Gasteiger partial charge < -0.3 is 4.74 Å². The zero-order chi connectivity index (χ0) is 11.5. The molecule has 1 aliphatic rings. The van der Waals surface area contributed by atoms with E-state index in [-0.39, 0.29) is 24.2 Å². The van der Waals surface area contributed by atoms with Crippen LogP contribution in [-0.2, 0) is 9.59 Å². The third-order valence-corrected chi connectivity index (χ3v) is 2.56. The van der Waals surface area contributed by atoms with Crippen molar-refractivity contribution in [1.29, 1.82) is 0 Å². The number of amides is 2. The van der Waals surface area contributed by atoms with Gasteiger partial charge in [-0.15, -0.1) is 0 Å². The zero-order valence-electron chi connectivity index (χ0n) is 9.03. The molecule has 84 valence electrons. The molecule has 0 radical (unpaired) electrons. The van der Waals surface area contributed by atoms with Crippen molar-refractivity contribution < 1.29 is 14.3 Å². The monoisotopic (exact) mass is 219 g/mol. The Kier molecular flexibility index (Phi) is 2.90. The summed E-state index contributed by atoms with van der Waals surface area (Å²) in [7, 11) is 0. The molecule has 0 aliphatic carbocycles. The molecule has 1 aliphatic heterocycles. The number of hydrogen-bond acceptors (Lipinski definition) is 3. The molecule has 1 saturated heterocycles. The highest BCUT2D eigenvalue weighted by Crippen LogP contribution is 2.25. The first-order chi connectivity index (χ1) is 7.70. The van der Waals surface area contributed by atoms with Crippen molar-refractivity contribution in [1.82, 2.24) is 5.32 Å². The van der Waals surface area contributed by atoms with Crippen molar-refractivity contribution in [2.45, 2.75) is 19.3 Å². The highest BCUT2D eigenvalue weighted by atomic mass is 16.5. The minimum atomic E-state index is -0.344. The highest BCUT2D eigenvalue weighted by Gasteiger charge is 2.31. The van der Waals surface area contributed by atoms with E-state index < -0.39 is 0 Å². The summed E-state index contributed by atoms with van der Waals surface area (Å²) in [4.78, 5) is 22.5. The number of hydrogen-bond donors (Lipinski definition) is 1. The predicted octanol–water partition coefficient (Wildman–Crippen LogP) is 1.22. The zero-order valence-corrected chi connectivity index (χ0v) is 9.03. The molecule has 0 spiro atoms. The van der Waals surface area contributed by atoms with Gasteiger partial charge in [0.2, 0.25) is 11.8 Å². The van der Waals surface area contributed by atoms with Gasteiger partial charge in [-0.2, -0.15) is 0 Å². The molecule has 2 rings (SSSR count). The second kappa shape index (κ2) is 4.35. The van der Waals surface area contributed by atoms with Gasteiger partial charge in [0.25, 0.3) is 0 Å². The molecule has 1 N–H and O–H groups in total. The topological polar surface area (TPSA) is 55.4 Å². The van der Waals surface area contributed by atoms with E-state index in [2.05, 4.69) is 5.32 Å². The molecule has 1 heterocycles. The van der Waals surface area contributed by atoms with E-state index in [4.69, 9.17) is 4.74 Å². The fourth-order valence-electron chi connectivity index (χ4n) is 1.79. The number of rotatable bonds is 3. The van der Waals surface area contributed by atoms with Crippen molar-refractivity contribution in [3.8, 4) is 5.75 Å². The van der Waals surface area contributed by atoms with E-state index >= 15 is 0 Å². The minimum absolute atomic E-state index is 0.205. The third kappa shape index (κ3) is 2.05. The van der Waals surface area contributed by atoms with Crippen molar-refractivity contribution in [3.63, 3.8) is 0 Å². The van der Waals surface area contributed by atoms with Gasteiger partial charge >= 0.3 is 0 Å². The molecule has 1 aromatic carbocycles. The summed E-state index contributed by atoms with van der Waals surface area (Å²) >= 11 is 0. The van der Waals surface area contributed by atoms with E-state index in [0.29, 0.717) is 6.61 Å². The second-order valence-electron chi connectivity index (χ2n) is 3.67. The van der Waals surface area contributed by atoms with Crippen LogP contribution in [0, 0.1) is 0 Å². The molecule has 4 nitrogen and oxygen atoms in total. The van der Waals surface area contributed by atoms with Gasteiger partial charge in [-0.1, -0.05) is 12.1 Å². The van der Waals surface area contributed by atoms with Gasteiger partial charge in [0.1, 0.15) is 5.75 Å². The molecule has 1 fully saturated rings. The number of ether oxygens (including phenoxy) is 1. The molecular formula is C12H13NO3. The van der Waals surface area contributed by atoms with E-state index in [1.807, 2.05) is 31.2 Å². The van der Waals surface area contributed by atoms with Crippen LogP contribution >= 0.6 is 0 Å². The molecule has 16 heavy (non-hydrogen) atoms. The predicted molar refractivity (Wildman–Crippen MR) is 58.1 cm³/mol. The second-order valence-corrected chi connectivity index (χ2v) is 3.67. The Labute approximate surface area is 93.6 Å². The Hall–Kier alpha value is -1.84. The van der Waals surface area contributed by atoms with Gasteiger partial charge in [-0.3, -0.25) is 14.9 Å². The Morgan fingerprint density at radius 2 is 2.00 bits per heavy atom. The maximum atomic E-state index is 11.4. The number of carbonyl (C=O) groups excluding carboxylic acids is 2. The summed E-state index contributed by atoms with van der Waals surface area (Å²) in [6.45, 7) is 2.53. The molecular weight excluding hydrogens is 206 g/mol. The summed E-state index contributed by atoms with van der Waals surface area (Å²) in [5, 5.41) is 2.30. The van der Waals surface area contributed by atoms with Gasteiger partial charge in [0.05, 0.1) is 12.5 Å². The van der Waals surface area contributed by atoms with Crippen LogP contribution in [0.1, 0.15) is 24.8 Å². The van der Waals surface area contributed by atoms with E-state index in [1.165, 1.54) is 0 Å². The lowest BCUT2D eigenvalue weighted by Gasteiger charge is -2.07. The van der Waals surface area contributed by atoms with Crippen LogP contribution < -0.4 is 10.1 Å². The van der Waals surface area contributed by atoms with Gasteiger partial charge in [0, 0.05) is 6.42 Å². The first-order valence-electron chi connectivity index (χ1n) is 5.27. The number of carbonyl (C=O) groups is 2.